The number of nitrogens with one attached hydrogen (secondary N) is 1. The molecule has 0 radical (unpaired) electrons. The Bertz CT molecular complexity index is 873. The molecule has 2 heterocycles. The molecule has 0 atom stereocenters. The summed E-state index contributed by atoms with van der Waals surface area (Å²) in [7, 11) is 0. The summed E-state index contributed by atoms with van der Waals surface area (Å²) in [5.74, 6) is 0.486. The number of aryl methyl sites for hydroxylation is 1. The van der Waals surface area contributed by atoms with E-state index in [1.54, 1.807) is 28.0 Å². The molecular formula is C16H15Br2N5O2. The Balaban J connectivity index is 1.62. The van der Waals surface area contributed by atoms with Crippen molar-refractivity contribution in [3.05, 3.63) is 57.5 Å². The highest BCUT2D eigenvalue weighted by Crippen LogP contribution is 2.19. The van der Waals surface area contributed by atoms with Gasteiger partial charge in [-0.05, 0) is 47.1 Å². The zero-order chi connectivity index (χ0) is 17.8. The quantitative estimate of drug-likeness (QED) is 0.595. The van der Waals surface area contributed by atoms with Crippen molar-refractivity contribution in [2.24, 2.45) is 0 Å². The van der Waals surface area contributed by atoms with Crippen LogP contribution in [0.3, 0.4) is 0 Å². The zero-order valence-corrected chi connectivity index (χ0v) is 16.5. The molecule has 0 aliphatic rings. The summed E-state index contributed by atoms with van der Waals surface area (Å²) in [6, 6.07) is 7.52. The first-order chi connectivity index (χ1) is 12.1. The molecule has 0 aliphatic heterocycles. The number of rotatable bonds is 6. The Labute approximate surface area is 161 Å². The van der Waals surface area contributed by atoms with Crippen LogP contribution in [0.4, 0.5) is 5.69 Å². The van der Waals surface area contributed by atoms with Gasteiger partial charge in [-0.25, -0.2) is 4.68 Å². The van der Waals surface area contributed by atoms with Crippen molar-refractivity contribution in [3.63, 3.8) is 0 Å². The van der Waals surface area contributed by atoms with Crippen molar-refractivity contribution in [1.29, 1.82) is 0 Å². The fraction of sp³-hybridized carbons (Fsp3) is 0.188. The van der Waals surface area contributed by atoms with Crippen LogP contribution in [-0.4, -0.2) is 25.5 Å². The molecule has 1 N–H and O–H groups in total. The number of ether oxygens (including phenoxy) is 1. The van der Waals surface area contributed by atoms with E-state index in [-0.39, 0.29) is 12.6 Å². The van der Waals surface area contributed by atoms with E-state index in [0.29, 0.717) is 22.4 Å². The summed E-state index contributed by atoms with van der Waals surface area (Å²) in [4.78, 5) is 12.4. The molecule has 130 valence electrons. The first kappa shape index (κ1) is 17.7. The number of nitrogens with zero attached hydrogens (tertiary/aromatic N) is 4. The lowest BCUT2D eigenvalue weighted by atomic mass is 10.3. The average Bonchev–Trinajstić information content (AvgIpc) is 3.20. The van der Waals surface area contributed by atoms with E-state index in [1.807, 2.05) is 31.2 Å². The fourth-order valence-corrected chi connectivity index (χ4v) is 2.93. The van der Waals surface area contributed by atoms with Crippen LogP contribution >= 0.6 is 31.9 Å². The maximum absolute atomic E-state index is 12.4. The van der Waals surface area contributed by atoms with Gasteiger partial charge in [-0.3, -0.25) is 9.48 Å². The van der Waals surface area contributed by atoms with Crippen LogP contribution in [0.25, 0.3) is 0 Å². The number of amides is 1. The fourth-order valence-electron chi connectivity index (χ4n) is 2.19. The molecule has 7 nitrogen and oxygen atoms in total. The number of carbonyl (C=O) groups is 1. The topological polar surface area (TPSA) is 74.0 Å². The van der Waals surface area contributed by atoms with Gasteiger partial charge < -0.3 is 10.1 Å². The molecule has 0 saturated heterocycles. The number of anilines is 1. The molecule has 0 saturated carbocycles. The number of hydrogen-bond donors (Lipinski definition) is 1. The highest BCUT2D eigenvalue weighted by molar-refractivity contribution is 9.10. The SMILES string of the molecule is CCn1ncc(Br)c1C(=O)Nc1cnn(COc2ccc(Br)cc2)c1. The molecule has 3 rings (SSSR count). The van der Waals surface area contributed by atoms with Crippen molar-refractivity contribution in [2.45, 2.75) is 20.2 Å². The third-order valence-electron chi connectivity index (χ3n) is 3.38. The lowest BCUT2D eigenvalue weighted by molar-refractivity contribution is 0.101. The van der Waals surface area contributed by atoms with Crippen LogP contribution in [0, 0.1) is 0 Å². The molecule has 1 amide bonds. The smallest absolute Gasteiger partial charge is 0.275 e. The maximum atomic E-state index is 12.4. The molecule has 0 spiro atoms. The average molecular weight is 469 g/mol. The van der Waals surface area contributed by atoms with E-state index in [4.69, 9.17) is 4.74 Å². The normalized spacial score (nSPS) is 10.7. The maximum Gasteiger partial charge on any atom is 0.275 e. The molecule has 2 aromatic heterocycles. The minimum atomic E-state index is -0.250. The standard InChI is InChI=1S/C16H15Br2N5O2/c1-2-23-15(14(18)8-20-23)16(24)21-12-7-19-22(9-12)10-25-13-5-3-11(17)4-6-13/h3-9H,2,10H2,1H3,(H,21,24). The number of halogens is 2. The summed E-state index contributed by atoms with van der Waals surface area (Å²) in [5.41, 5.74) is 1.06. The predicted molar refractivity (Wildman–Crippen MR) is 101 cm³/mol. The first-order valence-electron chi connectivity index (χ1n) is 7.50. The molecule has 0 bridgehead atoms. The molecular weight excluding hydrogens is 454 g/mol. The second-order valence-electron chi connectivity index (χ2n) is 5.11. The van der Waals surface area contributed by atoms with Crippen LogP contribution in [0.15, 0.2) is 51.8 Å². The second kappa shape index (κ2) is 7.83. The Morgan fingerprint density at radius 1 is 1.20 bits per heavy atom. The zero-order valence-electron chi connectivity index (χ0n) is 13.3. The van der Waals surface area contributed by atoms with E-state index in [1.165, 1.54) is 0 Å². The first-order valence-corrected chi connectivity index (χ1v) is 9.09. The van der Waals surface area contributed by atoms with E-state index in [0.717, 1.165) is 10.2 Å². The third kappa shape index (κ3) is 4.29. The van der Waals surface area contributed by atoms with Gasteiger partial charge in [0.2, 0.25) is 0 Å². The summed E-state index contributed by atoms with van der Waals surface area (Å²) in [6.45, 7) is 2.77. The second-order valence-corrected chi connectivity index (χ2v) is 6.88. The molecule has 1 aromatic carbocycles. The van der Waals surface area contributed by atoms with Crippen molar-refractivity contribution >= 4 is 43.5 Å². The summed E-state index contributed by atoms with van der Waals surface area (Å²) < 4.78 is 10.5. The predicted octanol–water partition coefficient (Wildman–Crippen LogP) is 3.91. The van der Waals surface area contributed by atoms with Gasteiger partial charge in [-0.1, -0.05) is 15.9 Å². The van der Waals surface area contributed by atoms with Crippen molar-refractivity contribution in [1.82, 2.24) is 19.6 Å². The van der Waals surface area contributed by atoms with Crippen LogP contribution in [0.5, 0.6) is 5.75 Å². The Kier molecular flexibility index (Phi) is 5.54. The van der Waals surface area contributed by atoms with Crippen molar-refractivity contribution < 1.29 is 9.53 Å². The number of hydrogen-bond acceptors (Lipinski definition) is 4. The summed E-state index contributed by atoms with van der Waals surface area (Å²) in [5, 5.41) is 11.1. The van der Waals surface area contributed by atoms with E-state index in [9.17, 15) is 4.79 Å². The molecule has 9 heteroatoms. The minimum Gasteiger partial charge on any atom is -0.471 e. The van der Waals surface area contributed by atoms with Gasteiger partial charge >= 0.3 is 0 Å². The summed E-state index contributed by atoms with van der Waals surface area (Å²) >= 11 is 6.72. The number of aromatic nitrogens is 4. The van der Waals surface area contributed by atoms with Gasteiger partial charge in [0.15, 0.2) is 6.73 Å². The van der Waals surface area contributed by atoms with Crippen molar-refractivity contribution in [2.75, 3.05) is 5.32 Å². The van der Waals surface area contributed by atoms with Crippen LogP contribution < -0.4 is 10.1 Å². The van der Waals surface area contributed by atoms with Crippen molar-refractivity contribution in [3.8, 4) is 5.75 Å². The van der Waals surface area contributed by atoms with Gasteiger partial charge in [0.1, 0.15) is 11.4 Å². The van der Waals surface area contributed by atoms with Crippen LogP contribution in [-0.2, 0) is 13.3 Å². The Hall–Kier alpha value is -2.13. The Morgan fingerprint density at radius 3 is 2.68 bits per heavy atom. The van der Waals surface area contributed by atoms with Gasteiger partial charge in [-0.2, -0.15) is 10.2 Å². The molecule has 0 unspecified atom stereocenters. The lowest BCUT2D eigenvalue weighted by Gasteiger charge is -2.06. The molecule has 25 heavy (non-hydrogen) atoms. The largest absolute Gasteiger partial charge is 0.471 e. The monoisotopic (exact) mass is 467 g/mol. The highest BCUT2D eigenvalue weighted by atomic mass is 79.9. The van der Waals surface area contributed by atoms with Crippen LogP contribution in [0.1, 0.15) is 17.4 Å². The van der Waals surface area contributed by atoms with E-state index >= 15 is 0 Å². The van der Waals surface area contributed by atoms with Crippen LogP contribution in [0.2, 0.25) is 0 Å². The summed E-state index contributed by atoms with van der Waals surface area (Å²) in [6.07, 6.45) is 4.88. The number of carbonyl (C=O) groups excluding carboxylic acids is 1. The third-order valence-corrected chi connectivity index (χ3v) is 4.49. The van der Waals surface area contributed by atoms with Gasteiger partial charge in [0.05, 0.1) is 28.8 Å². The lowest BCUT2D eigenvalue weighted by Crippen LogP contribution is -2.17. The number of benzene rings is 1. The molecule has 0 aliphatic carbocycles. The molecule has 3 aromatic rings. The van der Waals surface area contributed by atoms with E-state index in [2.05, 4.69) is 47.4 Å². The van der Waals surface area contributed by atoms with E-state index < -0.39 is 0 Å². The van der Waals surface area contributed by atoms with Gasteiger partial charge in [0, 0.05) is 11.0 Å². The highest BCUT2D eigenvalue weighted by Gasteiger charge is 2.17. The Morgan fingerprint density at radius 2 is 1.96 bits per heavy atom. The van der Waals surface area contributed by atoms with Gasteiger partial charge in [0.25, 0.3) is 5.91 Å². The molecule has 0 fully saturated rings. The van der Waals surface area contributed by atoms with Gasteiger partial charge in [-0.15, -0.1) is 0 Å². The minimum absolute atomic E-state index is 0.244.